The summed E-state index contributed by atoms with van der Waals surface area (Å²) >= 11 is 1.39. The van der Waals surface area contributed by atoms with Gasteiger partial charge in [0, 0.05) is 12.5 Å². The van der Waals surface area contributed by atoms with E-state index in [1.807, 2.05) is 41.9 Å². The van der Waals surface area contributed by atoms with Gasteiger partial charge in [0.2, 0.25) is 11.1 Å². The predicted molar refractivity (Wildman–Crippen MR) is 82.7 cm³/mol. The lowest BCUT2D eigenvalue weighted by atomic mass is 10.3. The number of nitrogens with one attached hydrogen (secondary N) is 1. The van der Waals surface area contributed by atoms with Crippen LogP contribution in [0.3, 0.4) is 0 Å². The van der Waals surface area contributed by atoms with Crippen molar-refractivity contribution in [3.63, 3.8) is 0 Å². The van der Waals surface area contributed by atoms with E-state index >= 15 is 0 Å². The van der Waals surface area contributed by atoms with E-state index in [9.17, 15) is 4.79 Å². The molecule has 3 rings (SSSR count). The zero-order valence-corrected chi connectivity index (χ0v) is 12.8. The molecule has 1 saturated carbocycles. The fraction of sp³-hybridized carbons (Fsp3) is 0.400. The normalized spacial score (nSPS) is 14.1. The fourth-order valence-corrected chi connectivity index (χ4v) is 2.77. The molecule has 1 aliphatic carbocycles. The van der Waals surface area contributed by atoms with Crippen LogP contribution in [0.1, 0.15) is 31.5 Å². The molecule has 0 aliphatic heterocycles. The molecule has 1 N–H and O–H groups in total. The Labute approximate surface area is 128 Å². The number of nitrogens with zero attached hydrogens (tertiary/aromatic N) is 3. The Morgan fingerprint density at radius 1 is 1.38 bits per heavy atom. The fourth-order valence-electron chi connectivity index (χ4n) is 2.11. The Kier molecular flexibility index (Phi) is 4.24. The van der Waals surface area contributed by atoms with Gasteiger partial charge in [-0.1, -0.05) is 30.0 Å². The maximum Gasteiger partial charge on any atom is 0.230 e. The van der Waals surface area contributed by atoms with E-state index in [0.717, 1.165) is 11.5 Å². The second-order valence-electron chi connectivity index (χ2n) is 5.02. The largest absolute Gasteiger partial charge is 0.356 e. The van der Waals surface area contributed by atoms with Crippen LogP contribution in [0, 0.1) is 0 Å². The summed E-state index contributed by atoms with van der Waals surface area (Å²) in [5.74, 6) is 1.90. The number of thioether (sulfide) groups is 1. The summed E-state index contributed by atoms with van der Waals surface area (Å²) in [6, 6.07) is 10.0. The van der Waals surface area contributed by atoms with Crippen LogP contribution >= 0.6 is 11.8 Å². The molecule has 1 heterocycles. The number of carbonyl (C=O) groups is 1. The van der Waals surface area contributed by atoms with Crippen molar-refractivity contribution < 1.29 is 4.79 Å². The zero-order valence-electron chi connectivity index (χ0n) is 12.0. The van der Waals surface area contributed by atoms with E-state index < -0.39 is 0 Å². The highest BCUT2D eigenvalue weighted by atomic mass is 32.2. The Balaban J connectivity index is 1.79. The van der Waals surface area contributed by atoms with Gasteiger partial charge in [0.05, 0.1) is 11.4 Å². The molecule has 1 aromatic carbocycles. The summed E-state index contributed by atoms with van der Waals surface area (Å²) in [7, 11) is 0. The number of hydrogen-bond acceptors (Lipinski definition) is 4. The van der Waals surface area contributed by atoms with E-state index in [-0.39, 0.29) is 5.91 Å². The Morgan fingerprint density at radius 3 is 2.81 bits per heavy atom. The minimum Gasteiger partial charge on any atom is -0.356 e. The van der Waals surface area contributed by atoms with E-state index in [2.05, 4.69) is 15.4 Å². The standard InChI is InChI=1S/C15H18N4OS/c1-2-16-13(20)10-21-15-17-14(11-8-9-11)19(18-15)12-6-4-3-5-7-12/h3-7,11H,2,8-10H2,1H3,(H,16,20). The van der Waals surface area contributed by atoms with Gasteiger partial charge in [0.1, 0.15) is 5.82 Å². The smallest absolute Gasteiger partial charge is 0.230 e. The molecule has 5 nitrogen and oxygen atoms in total. The van der Waals surface area contributed by atoms with Gasteiger partial charge in [-0.3, -0.25) is 4.79 Å². The van der Waals surface area contributed by atoms with E-state index in [4.69, 9.17) is 0 Å². The molecule has 0 unspecified atom stereocenters. The number of rotatable bonds is 6. The molecule has 0 saturated heterocycles. The average Bonchev–Trinajstić information content (AvgIpc) is 3.26. The first-order valence-corrected chi connectivity index (χ1v) is 8.18. The number of hydrogen-bond donors (Lipinski definition) is 1. The van der Waals surface area contributed by atoms with Gasteiger partial charge < -0.3 is 5.32 Å². The molecule has 6 heteroatoms. The lowest BCUT2D eigenvalue weighted by Gasteiger charge is -2.03. The highest BCUT2D eigenvalue weighted by molar-refractivity contribution is 7.99. The summed E-state index contributed by atoms with van der Waals surface area (Å²) in [6.45, 7) is 2.56. The topological polar surface area (TPSA) is 59.8 Å². The highest BCUT2D eigenvalue weighted by Crippen LogP contribution is 2.40. The summed E-state index contributed by atoms with van der Waals surface area (Å²) in [6.07, 6.45) is 2.35. The van der Waals surface area contributed by atoms with Crippen LogP contribution in [0.15, 0.2) is 35.5 Å². The molecule has 1 aromatic heterocycles. The number of aromatic nitrogens is 3. The van der Waals surface area contributed by atoms with Crippen LogP contribution in [0.5, 0.6) is 0 Å². The van der Waals surface area contributed by atoms with Gasteiger partial charge in [-0.05, 0) is 31.9 Å². The molecule has 1 fully saturated rings. The molecule has 21 heavy (non-hydrogen) atoms. The van der Waals surface area contributed by atoms with Crippen molar-refractivity contribution in [3.05, 3.63) is 36.2 Å². The summed E-state index contributed by atoms with van der Waals surface area (Å²) in [4.78, 5) is 16.1. The number of carbonyl (C=O) groups excluding carboxylic acids is 1. The van der Waals surface area contributed by atoms with Crippen molar-refractivity contribution in [2.45, 2.75) is 30.8 Å². The van der Waals surface area contributed by atoms with Crippen molar-refractivity contribution in [2.24, 2.45) is 0 Å². The third kappa shape index (κ3) is 3.44. The molecule has 0 spiro atoms. The van der Waals surface area contributed by atoms with Crippen LogP contribution in [0.4, 0.5) is 0 Å². The molecular weight excluding hydrogens is 284 g/mol. The third-order valence-corrected chi connectivity index (χ3v) is 4.10. The van der Waals surface area contributed by atoms with Gasteiger partial charge in [-0.25, -0.2) is 9.67 Å². The summed E-state index contributed by atoms with van der Waals surface area (Å²) < 4.78 is 1.91. The van der Waals surface area contributed by atoms with Crippen LogP contribution in [0.2, 0.25) is 0 Å². The first kappa shape index (κ1) is 14.1. The maximum absolute atomic E-state index is 11.5. The number of benzene rings is 1. The predicted octanol–water partition coefficient (Wildman–Crippen LogP) is 2.37. The molecular formula is C15H18N4OS. The monoisotopic (exact) mass is 302 g/mol. The lowest BCUT2D eigenvalue weighted by Crippen LogP contribution is -2.24. The first-order chi connectivity index (χ1) is 10.3. The van der Waals surface area contributed by atoms with Crippen molar-refractivity contribution in [1.82, 2.24) is 20.1 Å². The van der Waals surface area contributed by atoms with Crippen molar-refractivity contribution in [2.75, 3.05) is 12.3 Å². The van der Waals surface area contributed by atoms with Gasteiger partial charge in [0.15, 0.2) is 0 Å². The minimum atomic E-state index is 0.0199. The molecule has 110 valence electrons. The van der Waals surface area contributed by atoms with Gasteiger partial charge in [-0.2, -0.15) is 0 Å². The van der Waals surface area contributed by atoms with Crippen LogP contribution in [0.25, 0.3) is 5.69 Å². The summed E-state index contributed by atoms with van der Waals surface area (Å²) in [5, 5.41) is 8.02. The zero-order chi connectivity index (χ0) is 14.7. The van der Waals surface area contributed by atoms with Gasteiger partial charge in [-0.15, -0.1) is 5.10 Å². The minimum absolute atomic E-state index is 0.0199. The third-order valence-electron chi connectivity index (χ3n) is 3.26. The molecule has 0 bridgehead atoms. The van der Waals surface area contributed by atoms with Gasteiger partial charge >= 0.3 is 0 Å². The molecule has 1 aliphatic rings. The van der Waals surface area contributed by atoms with Crippen LogP contribution in [-0.2, 0) is 4.79 Å². The Morgan fingerprint density at radius 2 is 2.14 bits per heavy atom. The van der Waals surface area contributed by atoms with E-state index in [1.54, 1.807) is 0 Å². The number of para-hydroxylation sites is 1. The molecule has 0 radical (unpaired) electrons. The first-order valence-electron chi connectivity index (χ1n) is 7.20. The second-order valence-corrected chi connectivity index (χ2v) is 5.96. The number of amides is 1. The van der Waals surface area contributed by atoms with Crippen molar-refractivity contribution >= 4 is 17.7 Å². The average molecular weight is 302 g/mol. The SMILES string of the molecule is CCNC(=O)CSc1nc(C2CC2)n(-c2ccccc2)n1. The van der Waals surface area contributed by atoms with Crippen molar-refractivity contribution in [1.29, 1.82) is 0 Å². The lowest BCUT2D eigenvalue weighted by molar-refractivity contribution is -0.118. The van der Waals surface area contributed by atoms with E-state index in [0.29, 0.717) is 23.4 Å². The quantitative estimate of drug-likeness (QED) is 0.832. The molecule has 2 aromatic rings. The van der Waals surface area contributed by atoms with Gasteiger partial charge in [0.25, 0.3) is 0 Å². The summed E-state index contributed by atoms with van der Waals surface area (Å²) in [5.41, 5.74) is 1.02. The van der Waals surface area contributed by atoms with Crippen LogP contribution in [-0.4, -0.2) is 33.0 Å². The van der Waals surface area contributed by atoms with Crippen molar-refractivity contribution in [3.8, 4) is 5.69 Å². The Hall–Kier alpha value is -1.82. The molecule has 0 atom stereocenters. The molecule has 1 amide bonds. The highest BCUT2D eigenvalue weighted by Gasteiger charge is 2.30. The second kappa shape index (κ2) is 6.30. The van der Waals surface area contributed by atoms with E-state index in [1.165, 1.54) is 24.6 Å². The Bertz CT molecular complexity index is 622. The van der Waals surface area contributed by atoms with Crippen LogP contribution < -0.4 is 5.32 Å². The maximum atomic E-state index is 11.5.